The molecule has 2 rings (SSSR count). The summed E-state index contributed by atoms with van der Waals surface area (Å²) < 4.78 is 0. The van der Waals surface area contributed by atoms with Crippen molar-refractivity contribution < 1.29 is 4.79 Å². The lowest BCUT2D eigenvalue weighted by Crippen LogP contribution is -2.18. The van der Waals surface area contributed by atoms with E-state index in [0.717, 1.165) is 18.5 Å². The quantitative estimate of drug-likeness (QED) is 0.857. The van der Waals surface area contributed by atoms with E-state index in [1.54, 1.807) is 6.92 Å². The van der Waals surface area contributed by atoms with E-state index in [-0.39, 0.29) is 5.78 Å². The molecule has 0 saturated carbocycles. The highest BCUT2D eigenvalue weighted by atomic mass is 16.1. The highest BCUT2D eigenvalue weighted by Crippen LogP contribution is 2.25. The lowest BCUT2D eigenvalue weighted by Gasteiger charge is -2.17. The van der Waals surface area contributed by atoms with Gasteiger partial charge in [0, 0.05) is 37.1 Å². The van der Waals surface area contributed by atoms with Crippen molar-refractivity contribution in [2.45, 2.75) is 19.8 Å². The number of nitrogens with one attached hydrogen (secondary N) is 1. The summed E-state index contributed by atoms with van der Waals surface area (Å²) in [5.74, 6) is 0.261. The minimum absolute atomic E-state index is 0.261. The first-order chi connectivity index (χ1) is 8.18. The second-order valence-electron chi connectivity index (χ2n) is 4.45. The topological polar surface area (TPSA) is 36.1 Å². The van der Waals surface area contributed by atoms with Gasteiger partial charge in [-0.15, -0.1) is 0 Å². The van der Waals surface area contributed by atoms with Crippen LogP contribution < -0.4 is 4.90 Å². The first kappa shape index (κ1) is 11.7. The van der Waals surface area contributed by atoms with E-state index in [1.807, 2.05) is 18.3 Å². The molecular weight excluding hydrogens is 212 g/mol. The van der Waals surface area contributed by atoms with Gasteiger partial charge in [0.2, 0.25) is 0 Å². The fraction of sp³-hybridized carbons (Fsp3) is 0.357. The Morgan fingerprint density at radius 3 is 2.88 bits per heavy atom. The fourth-order valence-electron chi connectivity index (χ4n) is 2.06. The molecule has 0 saturated heterocycles. The maximum Gasteiger partial charge on any atom is 0.129 e. The van der Waals surface area contributed by atoms with E-state index in [2.05, 4.69) is 29.1 Å². The number of carbonyl (C=O) groups excluding carboxylic acids is 1. The van der Waals surface area contributed by atoms with E-state index < -0.39 is 0 Å². The number of para-hydroxylation sites is 1. The van der Waals surface area contributed by atoms with Crippen LogP contribution >= 0.6 is 0 Å². The molecule has 0 atom stereocenters. The number of hydrogen-bond acceptors (Lipinski definition) is 2. The van der Waals surface area contributed by atoms with Crippen LogP contribution in [0.5, 0.6) is 0 Å². The SMILES string of the molecule is CC(=O)CCCN(C)c1c[nH]c2ccccc12. The highest BCUT2D eigenvalue weighted by Gasteiger charge is 2.07. The van der Waals surface area contributed by atoms with Crippen molar-refractivity contribution in [3.8, 4) is 0 Å². The Bertz CT molecular complexity index is 516. The molecule has 0 unspecified atom stereocenters. The third-order valence-electron chi connectivity index (χ3n) is 3.00. The first-order valence-electron chi connectivity index (χ1n) is 5.95. The first-order valence-corrected chi connectivity index (χ1v) is 5.95. The van der Waals surface area contributed by atoms with Crippen LogP contribution in [0.15, 0.2) is 30.5 Å². The molecule has 1 heterocycles. The average Bonchev–Trinajstić information content (AvgIpc) is 2.72. The van der Waals surface area contributed by atoms with Gasteiger partial charge in [0.1, 0.15) is 5.78 Å². The van der Waals surface area contributed by atoms with Crippen molar-refractivity contribution >= 4 is 22.4 Å². The van der Waals surface area contributed by atoms with Crippen LogP contribution in [0.3, 0.4) is 0 Å². The van der Waals surface area contributed by atoms with Crippen molar-refractivity contribution in [3.63, 3.8) is 0 Å². The number of Topliss-reactive ketones (excluding diaryl/α,β-unsaturated/α-hetero) is 1. The van der Waals surface area contributed by atoms with Gasteiger partial charge < -0.3 is 14.7 Å². The zero-order valence-electron chi connectivity index (χ0n) is 10.4. The van der Waals surface area contributed by atoms with E-state index in [0.29, 0.717) is 6.42 Å². The lowest BCUT2D eigenvalue weighted by atomic mass is 10.2. The molecule has 3 heteroatoms. The molecule has 90 valence electrons. The molecule has 0 aliphatic carbocycles. The predicted molar refractivity (Wildman–Crippen MR) is 71.5 cm³/mol. The number of carbonyl (C=O) groups is 1. The van der Waals surface area contributed by atoms with Gasteiger partial charge in [0.25, 0.3) is 0 Å². The fourth-order valence-corrected chi connectivity index (χ4v) is 2.06. The number of H-pyrrole nitrogens is 1. The third kappa shape index (κ3) is 2.67. The second-order valence-corrected chi connectivity index (χ2v) is 4.45. The smallest absolute Gasteiger partial charge is 0.129 e. The summed E-state index contributed by atoms with van der Waals surface area (Å²) in [6, 6.07) is 8.26. The molecule has 2 aromatic rings. The number of aromatic nitrogens is 1. The molecule has 1 aromatic carbocycles. The van der Waals surface area contributed by atoms with Crippen molar-refractivity contribution in [1.29, 1.82) is 0 Å². The van der Waals surface area contributed by atoms with Crippen LogP contribution in [0.4, 0.5) is 5.69 Å². The monoisotopic (exact) mass is 230 g/mol. The molecule has 3 nitrogen and oxygen atoms in total. The van der Waals surface area contributed by atoms with Gasteiger partial charge >= 0.3 is 0 Å². The Morgan fingerprint density at radius 1 is 1.35 bits per heavy atom. The molecule has 0 spiro atoms. The minimum Gasteiger partial charge on any atom is -0.373 e. The van der Waals surface area contributed by atoms with Gasteiger partial charge in [0.15, 0.2) is 0 Å². The average molecular weight is 230 g/mol. The van der Waals surface area contributed by atoms with Crippen molar-refractivity contribution in [1.82, 2.24) is 4.98 Å². The zero-order valence-corrected chi connectivity index (χ0v) is 10.4. The van der Waals surface area contributed by atoms with Crippen molar-refractivity contribution in [2.24, 2.45) is 0 Å². The summed E-state index contributed by atoms with van der Waals surface area (Å²) >= 11 is 0. The number of fused-ring (bicyclic) bond motifs is 1. The van der Waals surface area contributed by atoms with Crippen LogP contribution in [0, 0.1) is 0 Å². The third-order valence-corrected chi connectivity index (χ3v) is 3.00. The number of hydrogen-bond donors (Lipinski definition) is 1. The molecular formula is C14H18N2O. The van der Waals surface area contributed by atoms with Gasteiger partial charge in [-0.3, -0.25) is 0 Å². The normalized spacial score (nSPS) is 10.7. The van der Waals surface area contributed by atoms with Crippen molar-refractivity contribution in [3.05, 3.63) is 30.5 Å². The number of aromatic amines is 1. The number of anilines is 1. The Balaban J connectivity index is 2.08. The van der Waals surface area contributed by atoms with E-state index in [4.69, 9.17) is 0 Å². The van der Waals surface area contributed by atoms with Crippen LogP contribution in [-0.4, -0.2) is 24.4 Å². The Hall–Kier alpha value is -1.77. The van der Waals surface area contributed by atoms with Gasteiger partial charge in [-0.05, 0) is 19.4 Å². The largest absolute Gasteiger partial charge is 0.373 e. The summed E-state index contributed by atoms with van der Waals surface area (Å²) in [4.78, 5) is 16.4. The molecule has 17 heavy (non-hydrogen) atoms. The summed E-state index contributed by atoms with van der Waals surface area (Å²) in [7, 11) is 2.07. The molecule has 0 aliphatic heterocycles. The van der Waals surface area contributed by atoms with Gasteiger partial charge in [-0.1, -0.05) is 18.2 Å². The molecule has 0 aliphatic rings. The Labute approximate surface area is 101 Å². The van der Waals surface area contributed by atoms with E-state index in [1.165, 1.54) is 11.1 Å². The van der Waals surface area contributed by atoms with Crippen LogP contribution in [0.1, 0.15) is 19.8 Å². The van der Waals surface area contributed by atoms with Crippen LogP contribution in [0.2, 0.25) is 0 Å². The minimum atomic E-state index is 0.261. The molecule has 1 aromatic heterocycles. The zero-order chi connectivity index (χ0) is 12.3. The molecule has 0 bridgehead atoms. The predicted octanol–water partition coefficient (Wildman–Crippen LogP) is 2.97. The summed E-state index contributed by atoms with van der Waals surface area (Å²) in [5.41, 5.74) is 2.35. The summed E-state index contributed by atoms with van der Waals surface area (Å²) in [6.45, 7) is 2.55. The van der Waals surface area contributed by atoms with Gasteiger partial charge in [-0.25, -0.2) is 0 Å². The molecule has 1 N–H and O–H groups in total. The Morgan fingerprint density at radius 2 is 2.12 bits per heavy atom. The maximum atomic E-state index is 10.9. The van der Waals surface area contributed by atoms with Crippen LogP contribution in [0.25, 0.3) is 10.9 Å². The number of benzene rings is 1. The number of ketones is 1. The molecule has 0 fully saturated rings. The second kappa shape index (κ2) is 5.04. The summed E-state index contributed by atoms with van der Waals surface area (Å²) in [5, 5.41) is 1.23. The van der Waals surface area contributed by atoms with E-state index in [9.17, 15) is 4.79 Å². The maximum absolute atomic E-state index is 10.9. The lowest BCUT2D eigenvalue weighted by molar-refractivity contribution is -0.117. The highest BCUT2D eigenvalue weighted by molar-refractivity contribution is 5.92. The van der Waals surface area contributed by atoms with Crippen molar-refractivity contribution in [2.75, 3.05) is 18.5 Å². The van der Waals surface area contributed by atoms with Gasteiger partial charge in [0.05, 0.1) is 5.69 Å². The Kier molecular flexibility index (Phi) is 3.47. The standard InChI is InChI=1S/C14H18N2O/c1-11(17)6-5-9-16(2)14-10-15-13-8-4-3-7-12(13)14/h3-4,7-8,10,15H,5-6,9H2,1-2H3. The van der Waals surface area contributed by atoms with Gasteiger partial charge in [-0.2, -0.15) is 0 Å². The molecule has 0 amide bonds. The number of nitrogens with zero attached hydrogens (tertiary/aromatic N) is 1. The van der Waals surface area contributed by atoms with E-state index >= 15 is 0 Å². The molecule has 0 radical (unpaired) electrons. The number of rotatable bonds is 5. The van der Waals surface area contributed by atoms with Crippen LogP contribution in [-0.2, 0) is 4.79 Å². The summed E-state index contributed by atoms with van der Waals surface area (Å²) in [6.07, 6.45) is 3.59.